The number of benzene rings is 2. The molecule has 0 radical (unpaired) electrons. The topological polar surface area (TPSA) is 101 Å². The second-order valence-corrected chi connectivity index (χ2v) is 11.7. The van der Waals surface area contributed by atoms with Crippen molar-refractivity contribution in [3.8, 4) is 11.3 Å². The molecule has 1 saturated heterocycles. The van der Waals surface area contributed by atoms with E-state index in [1.165, 1.54) is 16.2 Å². The molecule has 1 aromatic heterocycles. The third-order valence-corrected chi connectivity index (χ3v) is 7.35. The highest BCUT2D eigenvalue weighted by Crippen LogP contribution is 2.34. The van der Waals surface area contributed by atoms with Crippen LogP contribution in [0.2, 0.25) is 0 Å². The summed E-state index contributed by atoms with van der Waals surface area (Å²) in [5, 5.41) is 8.20. The molecule has 2 aromatic carbocycles. The Balaban J connectivity index is 1.28. The van der Waals surface area contributed by atoms with E-state index in [9.17, 15) is 14.4 Å². The van der Waals surface area contributed by atoms with Crippen LogP contribution in [0, 0.1) is 0 Å². The van der Waals surface area contributed by atoms with E-state index in [0.29, 0.717) is 35.4 Å². The summed E-state index contributed by atoms with van der Waals surface area (Å²) in [7, 11) is 0. The van der Waals surface area contributed by atoms with E-state index in [4.69, 9.17) is 4.74 Å². The number of hydrogen-bond donors (Lipinski definition) is 2. The predicted octanol–water partition coefficient (Wildman–Crippen LogP) is 5.43. The van der Waals surface area contributed by atoms with Crippen LogP contribution in [0.15, 0.2) is 60.0 Å². The first-order valence-corrected chi connectivity index (χ1v) is 13.8. The Morgan fingerprint density at radius 3 is 2.39 bits per heavy atom. The molecule has 2 aliphatic rings. The number of carbonyl (C=O) groups is 3. The van der Waals surface area contributed by atoms with E-state index < -0.39 is 17.7 Å². The molecule has 2 atom stereocenters. The van der Waals surface area contributed by atoms with Gasteiger partial charge in [0.25, 0.3) is 5.91 Å². The zero-order chi connectivity index (χ0) is 26.9. The molecule has 1 saturated carbocycles. The number of anilines is 1. The molecule has 2 fully saturated rings. The number of amides is 3. The van der Waals surface area contributed by atoms with Gasteiger partial charge in [0.1, 0.15) is 11.6 Å². The molecule has 1 aliphatic carbocycles. The molecule has 2 N–H and O–H groups in total. The highest BCUT2D eigenvalue weighted by molar-refractivity contribution is 7.14. The van der Waals surface area contributed by atoms with Gasteiger partial charge in [-0.1, -0.05) is 42.5 Å². The number of rotatable bonds is 6. The summed E-state index contributed by atoms with van der Waals surface area (Å²) in [6.45, 7) is 5.84. The zero-order valence-corrected chi connectivity index (χ0v) is 22.6. The van der Waals surface area contributed by atoms with Gasteiger partial charge < -0.3 is 15.4 Å². The van der Waals surface area contributed by atoms with E-state index in [0.717, 1.165) is 24.0 Å². The fraction of sp³-hybridized carbons (Fsp3) is 0.379. The van der Waals surface area contributed by atoms with Crippen LogP contribution in [0.3, 0.4) is 0 Å². The summed E-state index contributed by atoms with van der Waals surface area (Å²) in [5.41, 5.74) is 2.59. The summed E-state index contributed by atoms with van der Waals surface area (Å²) in [6.07, 6.45) is 2.08. The lowest BCUT2D eigenvalue weighted by molar-refractivity contribution is -0.120. The maximum absolute atomic E-state index is 13.4. The number of likely N-dealkylation sites (tertiary alicyclic amines) is 1. The molecule has 0 spiro atoms. The molecule has 2 unspecified atom stereocenters. The maximum atomic E-state index is 13.4. The fourth-order valence-corrected chi connectivity index (χ4v) is 5.24. The van der Waals surface area contributed by atoms with E-state index >= 15 is 0 Å². The van der Waals surface area contributed by atoms with Gasteiger partial charge in [-0.05, 0) is 57.7 Å². The first-order valence-electron chi connectivity index (χ1n) is 12.9. The maximum Gasteiger partial charge on any atom is 0.410 e. The van der Waals surface area contributed by atoms with Crippen molar-refractivity contribution < 1.29 is 19.1 Å². The second-order valence-electron chi connectivity index (χ2n) is 10.8. The summed E-state index contributed by atoms with van der Waals surface area (Å²) >= 11 is 1.32. The summed E-state index contributed by atoms with van der Waals surface area (Å²) < 4.78 is 5.61. The molecule has 3 amide bonds. The molecule has 2 heterocycles. The third kappa shape index (κ3) is 6.22. The highest BCUT2D eigenvalue weighted by atomic mass is 32.1. The van der Waals surface area contributed by atoms with Crippen LogP contribution in [-0.4, -0.2) is 52.0 Å². The van der Waals surface area contributed by atoms with Gasteiger partial charge in [0, 0.05) is 35.0 Å². The Morgan fingerprint density at radius 2 is 1.74 bits per heavy atom. The quantitative estimate of drug-likeness (QED) is 0.441. The van der Waals surface area contributed by atoms with Crippen LogP contribution in [-0.2, 0) is 9.53 Å². The van der Waals surface area contributed by atoms with Crippen molar-refractivity contribution in [1.29, 1.82) is 0 Å². The molecule has 38 heavy (non-hydrogen) atoms. The minimum Gasteiger partial charge on any atom is -0.444 e. The minimum atomic E-state index is -0.674. The average Bonchev–Trinajstić information content (AvgIpc) is 3.38. The molecule has 198 valence electrons. The van der Waals surface area contributed by atoms with Crippen molar-refractivity contribution in [1.82, 2.24) is 15.2 Å². The summed E-state index contributed by atoms with van der Waals surface area (Å²) in [5.74, 6) is -0.325. The van der Waals surface area contributed by atoms with Crippen LogP contribution >= 0.6 is 11.3 Å². The molecule has 9 heteroatoms. The number of ether oxygens (including phenoxy) is 1. The van der Waals surface area contributed by atoms with E-state index in [1.54, 1.807) is 12.1 Å². The van der Waals surface area contributed by atoms with Crippen LogP contribution < -0.4 is 10.6 Å². The first kappa shape index (κ1) is 25.9. The first-order chi connectivity index (χ1) is 18.2. The second kappa shape index (κ2) is 10.6. The molecule has 5 rings (SSSR count). The standard InChI is InChI=1S/C29H32N4O4S/c1-29(2,3)37-28(36)33-16-21(18-7-5-4-6-8-18)15-24(33)26(35)32-27-31-23(17-38-27)19-9-11-20(12-10-19)25(34)30-22-13-14-22/h4-12,17,21-22,24H,13-16H2,1-3H3,(H,30,34)(H,31,32,35). The monoisotopic (exact) mass is 532 g/mol. The Morgan fingerprint density at radius 1 is 1.03 bits per heavy atom. The molecular formula is C29H32N4O4S. The Bertz CT molecular complexity index is 1310. The Kier molecular flexibility index (Phi) is 7.21. The average molecular weight is 533 g/mol. The van der Waals surface area contributed by atoms with Gasteiger partial charge in [0.15, 0.2) is 5.13 Å². The number of nitrogens with one attached hydrogen (secondary N) is 2. The summed E-state index contributed by atoms with van der Waals surface area (Å²) in [6, 6.07) is 16.8. The number of thiazole rings is 1. The van der Waals surface area contributed by atoms with Crippen LogP contribution in [0.25, 0.3) is 11.3 Å². The number of hydrogen-bond acceptors (Lipinski definition) is 6. The van der Waals surface area contributed by atoms with Crippen LogP contribution in [0.1, 0.15) is 61.9 Å². The fourth-order valence-electron chi connectivity index (χ4n) is 4.51. The van der Waals surface area contributed by atoms with Gasteiger partial charge in [0.05, 0.1) is 5.69 Å². The Labute approximate surface area is 226 Å². The predicted molar refractivity (Wildman–Crippen MR) is 147 cm³/mol. The van der Waals surface area contributed by atoms with Crippen molar-refractivity contribution in [2.24, 2.45) is 0 Å². The van der Waals surface area contributed by atoms with E-state index in [2.05, 4.69) is 15.6 Å². The number of carbonyl (C=O) groups excluding carboxylic acids is 3. The molecule has 0 bridgehead atoms. The molecule has 3 aromatic rings. The van der Waals surface area contributed by atoms with Crippen molar-refractivity contribution in [2.75, 3.05) is 11.9 Å². The van der Waals surface area contributed by atoms with Crippen LogP contribution in [0.4, 0.5) is 9.93 Å². The molecular weight excluding hydrogens is 500 g/mol. The number of nitrogens with zero attached hydrogens (tertiary/aromatic N) is 2. The van der Waals surface area contributed by atoms with Gasteiger partial charge in [-0.25, -0.2) is 9.78 Å². The lowest BCUT2D eigenvalue weighted by Gasteiger charge is -2.27. The van der Waals surface area contributed by atoms with Gasteiger partial charge >= 0.3 is 6.09 Å². The highest BCUT2D eigenvalue weighted by Gasteiger charge is 2.42. The number of aromatic nitrogens is 1. The zero-order valence-electron chi connectivity index (χ0n) is 21.8. The van der Waals surface area contributed by atoms with Gasteiger partial charge in [-0.2, -0.15) is 0 Å². The SMILES string of the molecule is CC(C)(C)OC(=O)N1CC(c2ccccc2)CC1C(=O)Nc1nc(-c2ccc(C(=O)NC3CC3)cc2)cs1. The largest absolute Gasteiger partial charge is 0.444 e. The smallest absolute Gasteiger partial charge is 0.410 e. The van der Waals surface area contributed by atoms with Gasteiger partial charge in [0.2, 0.25) is 5.91 Å². The van der Waals surface area contributed by atoms with Crippen molar-refractivity contribution in [2.45, 2.75) is 63.6 Å². The van der Waals surface area contributed by atoms with Crippen molar-refractivity contribution >= 4 is 34.4 Å². The van der Waals surface area contributed by atoms with Crippen molar-refractivity contribution in [3.05, 3.63) is 71.1 Å². The Hall–Kier alpha value is -3.72. The minimum absolute atomic E-state index is 0.0296. The molecule has 1 aliphatic heterocycles. The lowest BCUT2D eigenvalue weighted by Crippen LogP contribution is -2.45. The normalized spacial score (nSPS) is 19.2. The van der Waals surface area contributed by atoms with Gasteiger partial charge in [-0.3, -0.25) is 14.5 Å². The van der Waals surface area contributed by atoms with E-state index in [1.807, 2.05) is 68.6 Å². The van der Waals surface area contributed by atoms with Gasteiger partial charge in [-0.15, -0.1) is 11.3 Å². The van der Waals surface area contributed by atoms with Crippen LogP contribution in [0.5, 0.6) is 0 Å². The summed E-state index contributed by atoms with van der Waals surface area (Å²) in [4.78, 5) is 44.8. The van der Waals surface area contributed by atoms with Crippen molar-refractivity contribution in [3.63, 3.8) is 0 Å². The lowest BCUT2D eigenvalue weighted by atomic mass is 9.96. The van der Waals surface area contributed by atoms with E-state index in [-0.39, 0.29) is 17.7 Å². The molecule has 8 nitrogen and oxygen atoms in total. The third-order valence-electron chi connectivity index (χ3n) is 6.59.